The third kappa shape index (κ3) is 2.60. The molecule has 0 heterocycles. The van der Waals surface area contributed by atoms with E-state index in [1.165, 1.54) is 5.57 Å². The molecule has 0 N–H and O–H groups in total. The molecule has 0 amide bonds. The molecule has 102 valence electrons. The number of carbonyl (C=O) groups is 1. The van der Waals surface area contributed by atoms with Crippen molar-refractivity contribution in [3.8, 4) is 5.75 Å². The van der Waals surface area contributed by atoms with E-state index in [1.807, 2.05) is 42.5 Å². The number of ether oxygens (including phenoxy) is 1. The number of benzene rings is 2. The van der Waals surface area contributed by atoms with Crippen LogP contribution >= 0.6 is 0 Å². The summed E-state index contributed by atoms with van der Waals surface area (Å²) >= 11 is 0. The van der Waals surface area contributed by atoms with Crippen LogP contribution in [0.2, 0.25) is 0 Å². The first-order valence-electron chi connectivity index (χ1n) is 7.09. The van der Waals surface area contributed by atoms with Gasteiger partial charge in [0.15, 0.2) is 0 Å². The van der Waals surface area contributed by atoms with Gasteiger partial charge in [0.1, 0.15) is 5.75 Å². The van der Waals surface area contributed by atoms with Crippen molar-refractivity contribution in [1.82, 2.24) is 0 Å². The van der Waals surface area contributed by atoms with Crippen molar-refractivity contribution in [2.75, 3.05) is 0 Å². The second-order valence-electron chi connectivity index (χ2n) is 5.42. The molecule has 3 rings (SSSR count). The SMILES string of the molecule is CC1=CCC(C(=O)Oc2cccc3ccccc23)CC1. The molecule has 2 aromatic rings. The first kappa shape index (κ1) is 12.9. The van der Waals surface area contributed by atoms with Crippen molar-refractivity contribution in [1.29, 1.82) is 0 Å². The van der Waals surface area contributed by atoms with Crippen LogP contribution in [0.1, 0.15) is 26.2 Å². The van der Waals surface area contributed by atoms with E-state index in [2.05, 4.69) is 13.0 Å². The van der Waals surface area contributed by atoms with E-state index in [4.69, 9.17) is 4.74 Å². The van der Waals surface area contributed by atoms with Gasteiger partial charge < -0.3 is 4.74 Å². The van der Waals surface area contributed by atoms with Crippen LogP contribution in [0, 0.1) is 5.92 Å². The van der Waals surface area contributed by atoms with E-state index in [-0.39, 0.29) is 11.9 Å². The van der Waals surface area contributed by atoms with Crippen LogP contribution in [0.25, 0.3) is 10.8 Å². The van der Waals surface area contributed by atoms with Crippen LogP contribution in [-0.2, 0) is 4.79 Å². The highest BCUT2D eigenvalue weighted by Gasteiger charge is 2.22. The Labute approximate surface area is 119 Å². The maximum atomic E-state index is 12.3. The van der Waals surface area contributed by atoms with Crippen molar-refractivity contribution in [2.24, 2.45) is 5.92 Å². The number of fused-ring (bicyclic) bond motifs is 1. The fourth-order valence-corrected chi connectivity index (χ4v) is 2.66. The summed E-state index contributed by atoms with van der Waals surface area (Å²) in [6, 6.07) is 13.8. The summed E-state index contributed by atoms with van der Waals surface area (Å²) in [5.41, 5.74) is 1.37. The largest absolute Gasteiger partial charge is 0.426 e. The van der Waals surface area contributed by atoms with E-state index < -0.39 is 0 Å². The summed E-state index contributed by atoms with van der Waals surface area (Å²) < 4.78 is 5.63. The summed E-state index contributed by atoms with van der Waals surface area (Å²) in [7, 11) is 0. The van der Waals surface area contributed by atoms with Gasteiger partial charge in [-0.15, -0.1) is 0 Å². The van der Waals surface area contributed by atoms with Crippen molar-refractivity contribution in [2.45, 2.75) is 26.2 Å². The highest BCUT2D eigenvalue weighted by molar-refractivity contribution is 5.90. The van der Waals surface area contributed by atoms with Crippen LogP contribution < -0.4 is 4.74 Å². The van der Waals surface area contributed by atoms with Gasteiger partial charge in [0.2, 0.25) is 0 Å². The monoisotopic (exact) mass is 266 g/mol. The number of hydrogen-bond acceptors (Lipinski definition) is 2. The Balaban J connectivity index is 1.81. The van der Waals surface area contributed by atoms with E-state index in [1.54, 1.807) is 0 Å². The molecule has 1 unspecified atom stereocenters. The topological polar surface area (TPSA) is 26.3 Å². The quantitative estimate of drug-likeness (QED) is 0.455. The van der Waals surface area contributed by atoms with Gasteiger partial charge in [-0.2, -0.15) is 0 Å². The smallest absolute Gasteiger partial charge is 0.314 e. The molecule has 0 bridgehead atoms. The van der Waals surface area contributed by atoms with Crippen LogP contribution in [0.5, 0.6) is 5.75 Å². The Morgan fingerprint density at radius 1 is 1.15 bits per heavy atom. The van der Waals surface area contributed by atoms with Crippen molar-refractivity contribution < 1.29 is 9.53 Å². The summed E-state index contributed by atoms with van der Waals surface area (Å²) in [6.45, 7) is 2.12. The Morgan fingerprint density at radius 2 is 1.95 bits per heavy atom. The van der Waals surface area contributed by atoms with Gasteiger partial charge >= 0.3 is 5.97 Å². The molecule has 0 aliphatic heterocycles. The van der Waals surface area contributed by atoms with Crippen LogP contribution in [0.15, 0.2) is 54.1 Å². The summed E-state index contributed by atoms with van der Waals surface area (Å²) in [5.74, 6) is 0.558. The molecule has 0 saturated carbocycles. The molecule has 0 radical (unpaired) electrons. The van der Waals surface area contributed by atoms with Crippen molar-refractivity contribution in [3.63, 3.8) is 0 Å². The second kappa shape index (κ2) is 5.49. The maximum absolute atomic E-state index is 12.3. The van der Waals surface area contributed by atoms with E-state index >= 15 is 0 Å². The fraction of sp³-hybridized carbons (Fsp3) is 0.278. The molecule has 2 heteroatoms. The zero-order chi connectivity index (χ0) is 13.9. The van der Waals surface area contributed by atoms with Gasteiger partial charge in [0.25, 0.3) is 0 Å². The van der Waals surface area contributed by atoms with Crippen molar-refractivity contribution in [3.05, 3.63) is 54.1 Å². The molecule has 0 aromatic heterocycles. The normalized spacial score (nSPS) is 18.6. The van der Waals surface area contributed by atoms with E-state index in [0.717, 1.165) is 30.0 Å². The Kier molecular flexibility index (Phi) is 3.55. The third-order valence-electron chi connectivity index (χ3n) is 3.93. The van der Waals surface area contributed by atoms with E-state index in [0.29, 0.717) is 5.75 Å². The molecule has 2 aromatic carbocycles. The Bertz CT molecular complexity index is 665. The highest BCUT2D eigenvalue weighted by atomic mass is 16.5. The lowest BCUT2D eigenvalue weighted by Crippen LogP contribution is -2.22. The zero-order valence-electron chi connectivity index (χ0n) is 11.6. The summed E-state index contributed by atoms with van der Waals surface area (Å²) in [5, 5.41) is 2.09. The van der Waals surface area contributed by atoms with Crippen molar-refractivity contribution >= 4 is 16.7 Å². The standard InChI is InChI=1S/C18H18O2/c1-13-9-11-15(12-10-13)18(19)20-17-8-4-6-14-5-2-3-7-16(14)17/h2-9,15H,10-12H2,1H3. The van der Waals surface area contributed by atoms with Gasteiger partial charge in [-0.1, -0.05) is 48.0 Å². The van der Waals surface area contributed by atoms with Gasteiger partial charge in [0.05, 0.1) is 5.92 Å². The molecule has 20 heavy (non-hydrogen) atoms. The molecule has 1 atom stereocenters. The predicted octanol–water partition coefficient (Wildman–Crippen LogP) is 4.49. The van der Waals surface area contributed by atoms with E-state index in [9.17, 15) is 4.79 Å². The Morgan fingerprint density at radius 3 is 2.75 bits per heavy atom. The number of rotatable bonds is 2. The molecule has 0 spiro atoms. The third-order valence-corrected chi connectivity index (χ3v) is 3.93. The van der Waals surface area contributed by atoms with Gasteiger partial charge in [0, 0.05) is 5.39 Å². The number of allylic oxidation sites excluding steroid dienone is 2. The molecule has 2 nitrogen and oxygen atoms in total. The Hall–Kier alpha value is -2.09. The van der Waals surface area contributed by atoms with Crippen LogP contribution in [0.3, 0.4) is 0 Å². The minimum absolute atomic E-state index is 0.00216. The lowest BCUT2D eigenvalue weighted by Gasteiger charge is -2.19. The average molecular weight is 266 g/mol. The highest BCUT2D eigenvalue weighted by Crippen LogP contribution is 2.29. The minimum Gasteiger partial charge on any atom is -0.426 e. The molecule has 0 fully saturated rings. The molecule has 1 aliphatic rings. The molecular formula is C18H18O2. The summed E-state index contributed by atoms with van der Waals surface area (Å²) in [4.78, 5) is 12.3. The average Bonchev–Trinajstić information content (AvgIpc) is 2.48. The first-order valence-corrected chi connectivity index (χ1v) is 7.09. The van der Waals surface area contributed by atoms with Crippen LogP contribution in [-0.4, -0.2) is 5.97 Å². The maximum Gasteiger partial charge on any atom is 0.314 e. The second-order valence-corrected chi connectivity index (χ2v) is 5.42. The lowest BCUT2D eigenvalue weighted by atomic mass is 9.90. The number of hydrogen-bond donors (Lipinski definition) is 0. The molecule has 1 aliphatic carbocycles. The van der Waals surface area contributed by atoms with Gasteiger partial charge in [-0.25, -0.2) is 0 Å². The molecule has 0 saturated heterocycles. The minimum atomic E-state index is -0.106. The zero-order valence-corrected chi connectivity index (χ0v) is 11.6. The predicted molar refractivity (Wildman–Crippen MR) is 80.7 cm³/mol. The number of carbonyl (C=O) groups excluding carboxylic acids is 1. The van der Waals surface area contributed by atoms with Gasteiger partial charge in [-0.3, -0.25) is 4.79 Å². The van der Waals surface area contributed by atoms with Crippen LogP contribution in [0.4, 0.5) is 0 Å². The number of esters is 1. The first-order chi connectivity index (χ1) is 9.74. The lowest BCUT2D eigenvalue weighted by molar-refractivity contribution is -0.139. The summed E-state index contributed by atoms with van der Waals surface area (Å²) in [6.07, 6.45) is 4.84. The molecular weight excluding hydrogens is 248 g/mol. The van der Waals surface area contributed by atoms with Gasteiger partial charge in [-0.05, 0) is 37.6 Å². The fourth-order valence-electron chi connectivity index (χ4n) is 2.66.